The molecular formula is C11H12BrN3O. The van der Waals surface area contributed by atoms with Gasteiger partial charge in [-0.15, -0.1) is 0 Å². The third-order valence-electron chi connectivity index (χ3n) is 2.56. The van der Waals surface area contributed by atoms with Crippen molar-refractivity contribution in [3.8, 4) is 0 Å². The second-order valence-corrected chi connectivity index (χ2v) is 4.58. The third kappa shape index (κ3) is 1.88. The molecule has 1 aromatic rings. The van der Waals surface area contributed by atoms with Gasteiger partial charge in [0.15, 0.2) is 0 Å². The van der Waals surface area contributed by atoms with Crippen LogP contribution >= 0.6 is 15.9 Å². The monoisotopic (exact) mass is 281 g/mol. The van der Waals surface area contributed by atoms with E-state index in [2.05, 4.69) is 21.0 Å². The lowest BCUT2D eigenvalue weighted by Crippen LogP contribution is -2.32. The predicted molar refractivity (Wildman–Crippen MR) is 67.3 cm³/mol. The van der Waals surface area contributed by atoms with Crippen LogP contribution in [0.5, 0.6) is 0 Å². The largest absolute Gasteiger partial charge is 0.329 e. The number of amides is 1. The normalized spacial score (nSPS) is 20.2. The van der Waals surface area contributed by atoms with Crippen molar-refractivity contribution in [2.24, 2.45) is 16.8 Å². The van der Waals surface area contributed by atoms with Gasteiger partial charge < -0.3 is 5.73 Å². The number of hydrogen-bond donors (Lipinski definition) is 1. The Hall–Kier alpha value is -1.20. The molecule has 0 saturated carbocycles. The van der Waals surface area contributed by atoms with Crippen LogP contribution in [-0.4, -0.2) is 18.2 Å². The molecule has 84 valence electrons. The second-order valence-electron chi connectivity index (χ2n) is 3.66. The first-order valence-corrected chi connectivity index (χ1v) is 5.77. The van der Waals surface area contributed by atoms with E-state index < -0.39 is 0 Å². The lowest BCUT2D eigenvalue weighted by atomic mass is 10.1. The lowest BCUT2D eigenvalue weighted by molar-refractivity contribution is -0.119. The third-order valence-corrected chi connectivity index (χ3v) is 3.05. The van der Waals surface area contributed by atoms with Gasteiger partial charge in [-0.3, -0.25) is 4.79 Å². The summed E-state index contributed by atoms with van der Waals surface area (Å²) in [6.07, 6.45) is 0. The SMILES string of the molecule is CC1=NN(c2cccc(Br)c2)C(=O)C1CN. The lowest BCUT2D eigenvalue weighted by Gasteiger charge is -2.13. The van der Waals surface area contributed by atoms with Gasteiger partial charge in [0, 0.05) is 16.7 Å². The molecule has 1 unspecified atom stereocenters. The summed E-state index contributed by atoms with van der Waals surface area (Å²) in [5.41, 5.74) is 7.08. The molecule has 1 aliphatic rings. The topological polar surface area (TPSA) is 58.7 Å². The highest BCUT2D eigenvalue weighted by molar-refractivity contribution is 9.10. The summed E-state index contributed by atoms with van der Waals surface area (Å²) in [4.78, 5) is 12.0. The van der Waals surface area contributed by atoms with E-state index in [-0.39, 0.29) is 11.8 Å². The van der Waals surface area contributed by atoms with Gasteiger partial charge in [0.2, 0.25) is 0 Å². The summed E-state index contributed by atoms with van der Waals surface area (Å²) in [7, 11) is 0. The molecular weight excluding hydrogens is 270 g/mol. The van der Waals surface area contributed by atoms with E-state index in [1.807, 2.05) is 31.2 Å². The number of carbonyl (C=O) groups excluding carboxylic acids is 1. The quantitative estimate of drug-likeness (QED) is 0.898. The number of anilines is 1. The number of nitrogens with two attached hydrogens (primary N) is 1. The fourth-order valence-corrected chi connectivity index (χ4v) is 2.05. The van der Waals surface area contributed by atoms with Crippen LogP contribution in [-0.2, 0) is 4.79 Å². The van der Waals surface area contributed by atoms with Gasteiger partial charge in [0.25, 0.3) is 5.91 Å². The standard InChI is InChI=1S/C11H12BrN3O/c1-7-10(6-13)11(16)15(14-7)9-4-2-3-8(12)5-9/h2-5,10H,6,13H2,1H3. The Morgan fingerprint density at radius 1 is 1.56 bits per heavy atom. The molecule has 0 saturated heterocycles. The molecule has 16 heavy (non-hydrogen) atoms. The molecule has 1 heterocycles. The van der Waals surface area contributed by atoms with Crippen molar-refractivity contribution in [3.63, 3.8) is 0 Å². The molecule has 0 spiro atoms. The van der Waals surface area contributed by atoms with Crippen molar-refractivity contribution >= 4 is 33.2 Å². The summed E-state index contributed by atoms with van der Waals surface area (Å²) in [6, 6.07) is 7.47. The molecule has 0 aromatic heterocycles. The first-order chi connectivity index (χ1) is 7.63. The molecule has 1 atom stereocenters. The smallest absolute Gasteiger partial charge is 0.257 e. The number of halogens is 1. The van der Waals surface area contributed by atoms with E-state index in [1.54, 1.807) is 0 Å². The summed E-state index contributed by atoms with van der Waals surface area (Å²) >= 11 is 3.37. The number of carbonyl (C=O) groups is 1. The molecule has 2 N–H and O–H groups in total. The maximum atomic E-state index is 12.0. The zero-order chi connectivity index (χ0) is 11.7. The molecule has 0 fully saturated rings. The molecule has 0 aliphatic carbocycles. The highest BCUT2D eigenvalue weighted by atomic mass is 79.9. The minimum atomic E-state index is -0.279. The molecule has 5 heteroatoms. The molecule has 4 nitrogen and oxygen atoms in total. The Morgan fingerprint density at radius 2 is 2.31 bits per heavy atom. The van der Waals surface area contributed by atoms with E-state index in [4.69, 9.17) is 5.73 Å². The van der Waals surface area contributed by atoms with Gasteiger partial charge in [-0.1, -0.05) is 22.0 Å². The van der Waals surface area contributed by atoms with Crippen LogP contribution in [0.15, 0.2) is 33.8 Å². The average molecular weight is 282 g/mol. The van der Waals surface area contributed by atoms with Crippen LogP contribution in [0.2, 0.25) is 0 Å². The Balaban J connectivity index is 2.34. The van der Waals surface area contributed by atoms with Gasteiger partial charge in [0.1, 0.15) is 0 Å². The zero-order valence-corrected chi connectivity index (χ0v) is 10.4. The Kier molecular flexibility index (Phi) is 3.07. The predicted octanol–water partition coefficient (Wildman–Crippen LogP) is 1.75. The van der Waals surface area contributed by atoms with Crippen LogP contribution in [0.25, 0.3) is 0 Å². The van der Waals surface area contributed by atoms with Crippen molar-refractivity contribution in [1.29, 1.82) is 0 Å². The zero-order valence-electron chi connectivity index (χ0n) is 8.85. The van der Waals surface area contributed by atoms with E-state index in [1.165, 1.54) is 5.01 Å². The molecule has 1 aromatic carbocycles. The van der Waals surface area contributed by atoms with Gasteiger partial charge in [-0.25, -0.2) is 5.01 Å². The molecule has 0 radical (unpaired) electrons. The average Bonchev–Trinajstić information content (AvgIpc) is 2.54. The van der Waals surface area contributed by atoms with Gasteiger partial charge in [-0.05, 0) is 25.1 Å². The number of benzene rings is 1. The Labute approximate surface area is 102 Å². The fraction of sp³-hybridized carbons (Fsp3) is 0.273. The molecule has 1 amide bonds. The highest BCUT2D eigenvalue weighted by Gasteiger charge is 2.33. The van der Waals surface area contributed by atoms with Crippen LogP contribution < -0.4 is 10.7 Å². The van der Waals surface area contributed by atoms with Crippen molar-refractivity contribution in [3.05, 3.63) is 28.7 Å². The number of hydrogen-bond acceptors (Lipinski definition) is 3. The summed E-state index contributed by atoms with van der Waals surface area (Å²) in [5, 5.41) is 5.65. The summed E-state index contributed by atoms with van der Waals surface area (Å²) < 4.78 is 0.918. The van der Waals surface area contributed by atoms with Gasteiger partial charge in [-0.2, -0.15) is 5.10 Å². The fourth-order valence-electron chi connectivity index (χ4n) is 1.67. The van der Waals surface area contributed by atoms with Crippen molar-refractivity contribution in [1.82, 2.24) is 0 Å². The van der Waals surface area contributed by atoms with Crippen molar-refractivity contribution in [2.75, 3.05) is 11.6 Å². The van der Waals surface area contributed by atoms with Gasteiger partial charge in [0.05, 0.1) is 11.6 Å². The second kappa shape index (κ2) is 4.35. The number of rotatable bonds is 2. The molecule has 1 aliphatic heterocycles. The first kappa shape index (κ1) is 11.3. The number of hydrazone groups is 1. The van der Waals surface area contributed by atoms with Crippen LogP contribution in [0.1, 0.15) is 6.92 Å². The minimum absolute atomic E-state index is 0.0573. The van der Waals surface area contributed by atoms with E-state index in [0.717, 1.165) is 15.9 Å². The van der Waals surface area contributed by atoms with E-state index >= 15 is 0 Å². The van der Waals surface area contributed by atoms with Crippen molar-refractivity contribution < 1.29 is 4.79 Å². The molecule has 2 rings (SSSR count). The van der Waals surface area contributed by atoms with Crippen molar-refractivity contribution in [2.45, 2.75) is 6.92 Å². The van der Waals surface area contributed by atoms with E-state index in [9.17, 15) is 4.79 Å². The highest BCUT2D eigenvalue weighted by Crippen LogP contribution is 2.25. The summed E-state index contributed by atoms with van der Waals surface area (Å²) in [5.74, 6) is -0.336. The summed E-state index contributed by atoms with van der Waals surface area (Å²) in [6.45, 7) is 2.13. The van der Waals surface area contributed by atoms with E-state index in [0.29, 0.717) is 6.54 Å². The van der Waals surface area contributed by atoms with Crippen LogP contribution in [0.4, 0.5) is 5.69 Å². The maximum absolute atomic E-state index is 12.0. The Bertz CT molecular complexity index is 458. The number of nitrogens with zero attached hydrogens (tertiary/aromatic N) is 2. The van der Waals surface area contributed by atoms with Gasteiger partial charge >= 0.3 is 0 Å². The van der Waals surface area contributed by atoms with Crippen LogP contribution in [0, 0.1) is 5.92 Å². The molecule has 0 bridgehead atoms. The Morgan fingerprint density at radius 3 is 2.88 bits per heavy atom. The maximum Gasteiger partial charge on any atom is 0.257 e. The van der Waals surface area contributed by atoms with Crippen LogP contribution in [0.3, 0.4) is 0 Å². The first-order valence-electron chi connectivity index (χ1n) is 4.98. The minimum Gasteiger partial charge on any atom is -0.329 e.